The molecule has 0 atom stereocenters. The molecule has 1 spiro atoms. The first-order valence-electron chi connectivity index (χ1n) is 10.2. The monoisotopic (exact) mass is 370 g/mol. The summed E-state index contributed by atoms with van der Waals surface area (Å²) < 4.78 is 5.29. The van der Waals surface area contributed by atoms with Gasteiger partial charge in [-0.05, 0) is 49.8 Å². The van der Waals surface area contributed by atoms with Gasteiger partial charge < -0.3 is 14.5 Å². The van der Waals surface area contributed by atoms with Crippen molar-refractivity contribution in [1.82, 2.24) is 9.80 Å². The van der Waals surface area contributed by atoms with Crippen molar-refractivity contribution in [2.24, 2.45) is 0 Å². The topological polar surface area (TPSA) is 49.9 Å². The lowest BCUT2D eigenvalue weighted by atomic mass is 9.76. The number of amides is 2. The lowest BCUT2D eigenvalue weighted by Crippen LogP contribution is -2.55. The maximum atomic E-state index is 13.6. The van der Waals surface area contributed by atoms with Gasteiger partial charge in [0, 0.05) is 32.1 Å². The number of benzene rings is 1. The van der Waals surface area contributed by atoms with Crippen LogP contribution in [0, 0.1) is 0 Å². The number of rotatable bonds is 3. The normalized spacial score (nSPS) is 23.9. The first-order valence-corrected chi connectivity index (χ1v) is 10.2. The summed E-state index contributed by atoms with van der Waals surface area (Å²) in [4.78, 5) is 29.7. The minimum absolute atomic E-state index is 0.0170. The van der Waals surface area contributed by atoms with Crippen molar-refractivity contribution in [3.63, 3.8) is 0 Å². The standard InChI is InChI=1S/C22H30N2O3/c1-23-19(25)9-12-21(23)13-15-24(16-14-21)20(26)22(10-3-4-11-22)17-5-7-18(27-2)8-6-17/h5-8H,3-4,9-16H2,1-2H3. The van der Waals surface area contributed by atoms with Crippen LogP contribution in [-0.4, -0.2) is 54.4 Å². The van der Waals surface area contributed by atoms with Crippen molar-refractivity contribution in [2.45, 2.75) is 62.3 Å². The van der Waals surface area contributed by atoms with Crippen LogP contribution in [0.3, 0.4) is 0 Å². The third-order valence-corrected chi connectivity index (χ3v) is 7.38. The molecule has 0 unspecified atom stereocenters. The highest BCUT2D eigenvalue weighted by atomic mass is 16.5. The number of hydrogen-bond acceptors (Lipinski definition) is 3. The van der Waals surface area contributed by atoms with Gasteiger partial charge in [0.1, 0.15) is 5.75 Å². The summed E-state index contributed by atoms with van der Waals surface area (Å²) in [5.41, 5.74) is 0.726. The zero-order valence-electron chi connectivity index (χ0n) is 16.5. The van der Waals surface area contributed by atoms with Crippen molar-refractivity contribution >= 4 is 11.8 Å². The molecule has 0 N–H and O–H groups in total. The summed E-state index contributed by atoms with van der Waals surface area (Å²) in [6, 6.07) is 8.06. The summed E-state index contributed by atoms with van der Waals surface area (Å²) in [5, 5.41) is 0. The fourth-order valence-electron chi connectivity index (χ4n) is 5.47. The van der Waals surface area contributed by atoms with Gasteiger partial charge in [-0.15, -0.1) is 0 Å². The number of nitrogens with zero attached hydrogens (tertiary/aromatic N) is 2. The molecule has 1 aromatic rings. The molecule has 2 aliphatic heterocycles. The Hall–Kier alpha value is -2.04. The zero-order chi connectivity index (χ0) is 19.1. The lowest BCUT2D eigenvalue weighted by molar-refractivity contribution is -0.140. The minimum atomic E-state index is -0.381. The predicted molar refractivity (Wildman–Crippen MR) is 104 cm³/mol. The Morgan fingerprint density at radius 2 is 1.63 bits per heavy atom. The molecule has 5 nitrogen and oxygen atoms in total. The molecule has 2 amide bonds. The Balaban J connectivity index is 1.52. The summed E-state index contributed by atoms with van der Waals surface area (Å²) in [6.07, 6.45) is 7.46. The summed E-state index contributed by atoms with van der Waals surface area (Å²) >= 11 is 0. The van der Waals surface area contributed by atoms with E-state index in [1.165, 1.54) is 0 Å². The first-order chi connectivity index (χ1) is 13.0. The van der Waals surface area contributed by atoms with E-state index in [1.54, 1.807) is 7.11 Å². The number of carbonyl (C=O) groups is 2. The van der Waals surface area contributed by atoms with Gasteiger partial charge in [0.25, 0.3) is 0 Å². The van der Waals surface area contributed by atoms with Gasteiger partial charge in [-0.2, -0.15) is 0 Å². The Labute approximate surface area is 161 Å². The molecular weight excluding hydrogens is 340 g/mol. The fourth-order valence-corrected chi connectivity index (χ4v) is 5.47. The van der Waals surface area contributed by atoms with Gasteiger partial charge in [0.05, 0.1) is 12.5 Å². The first kappa shape index (κ1) is 18.3. The molecule has 5 heteroatoms. The average molecular weight is 370 g/mol. The lowest BCUT2D eigenvalue weighted by Gasteiger charge is -2.45. The molecule has 27 heavy (non-hydrogen) atoms. The second-order valence-corrected chi connectivity index (χ2v) is 8.49. The van der Waals surface area contributed by atoms with E-state index in [9.17, 15) is 9.59 Å². The molecule has 3 fully saturated rings. The summed E-state index contributed by atoms with van der Waals surface area (Å²) in [6.45, 7) is 1.52. The van der Waals surface area contributed by atoms with E-state index in [0.717, 1.165) is 69.3 Å². The zero-order valence-corrected chi connectivity index (χ0v) is 16.5. The Kier molecular flexibility index (Phi) is 4.65. The molecule has 4 rings (SSSR count). The second kappa shape index (κ2) is 6.84. The molecule has 2 saturated heterocycles. The van der Waals surface area contributed by atoms with Crippen LogP contribution in [0.1, 0.15) is 56.9 Å². The van der Waals surface area contributed by atoms with E-state index in [0.29, 0.717) is 6.42 Å². The molecule has 2 heterocycles. The van der Waals surface area contributed by atoms with Crippen LogP contribution >= 0.6 is 0 Å². The van der Waals surface area contributed by atoms with E-state index in [-0.39, 0.29) is 22.8 Å². The average Bonchev–Trinajstić information content (AvgIpc) is 3.31. The quantitative estimate of drug-likeness (QED) is 0.821. The second-order valence-electron chi connectivity index (χ2n) is 8.49. The van der Waals surface area contributed by atoms with Crippen LogP contribution in [0.15, 0.2) is 24.3 Å². The Bertz CT molecular complexity index is 714. The molecule has 3 aliphatic rings. The molecule has 0 aromatic heterocycles. The maximum Gasteiger partial charge on any atom is 0.233 e. The molecule has 1 saturated carbocycles. The van der Waals surface area contributed by atoms with Crippen LogP contribution in [0.2, 0.25) is 0 Å². The van der Waals surface area contributed by atoms with E-state index in [1.807, 2.05) is 24.1 Å². The Morgan fingerprint density at radius 3 is 2.15 bits per heavy atom. The van der Waals surface area contributed by atoms with Gasteiger partial charge in [-0.1, -0.05) is 25.0 Å². The highest BCUT2D eigenvalue weighted by Crippen LogP contribution is 2.45. The SMILES string of the molecule is COc1ccc(C2(C(=O)N3CCC4(CCC(=O)N4C)CC3)CCCC2)cc1. The van der Waals surface area contributed by atoms with Crippen LogP contribution in [0.25, 0.3) is 0 Å². The largest absolute Gasteiger partial charge is 0.497 e. The molecule has 0 bridgehead atoms. The number of methoxy groups -OCH3 is 1. The van der Waals surface area contributed by atoms with Crippen molar-refractivity contribution in [3.8, 4) is 5.75 Å². The number of likely N-dealkylation sites (tertiary alicyclic amines) is 2. The van der Waals surface area contributed by atoms with Crippen molar-refractivity contribution < 1.29 is 14.3 Å². The van der Waals surface area contributed by atoms with Gasteiger partial charge >= 0.3 is 0 Å². The van der Waals surface area contributed by atoms with E-state index in [2.05, 4.69) is 17.0 Å². The van der Waals surface area contributed by atoms with Crippen LogP contribution in [0.5, 0.6) is 5.75 Å². The van der Waals surface area contributed by atoms with Crippen molar-refractivity contribution in [3.05, 3.63) is 29.8 Å². The Morgan fingerprint density at radius 1 is 1.00 bits per heavy atom. The van der Waals surface area contributed by atoms with E-state index < -0.39 is 0 Å². The summed E-state index contributed by atoms with van der Waals surface area (Å²) in [5.74, 6) is 1.36. The van der Waals surface area contributed by atoms with Gasteiger partial charge in [0.15, 0.2) is 0 Å². The maximum absolute atomic E-state index is 13.6. The fraction of sp³-hybridized carbons (Fsp3) is 0.636. The molecule has 1 aliphatic carbocycles. The third kappa shape index (κ3) is 2.91. The number of hydrogen-bond donors (Lipinski definition) is 0. The van der Waals surface area contributed by atoms with Gasteiger partial charge in [0.2, 0.25) is 11.8 Å². The number of carbonyl (C=O) groups excluding carboxylic acids is 2. The van der Waals surface area contributed by atoms with E-state index >= 15 is 0 Å². The molecule has 1 aromatic carbocycles. The highest BCUT2D eigenvalue weighted by molar-refractivity contribution is 5.89. The van der Waals surface area contributed by atoms with Crippen molar-refractivity contribution in [1.29, 1.82) is 0 Å². The summed E-state index contributed by atoms with van der Waals surface area (Å²) in [7, 11) is 3.60. The van der Waals surface area contributed by atoms with Gasteiger partial charge in [-0.25, -0.2) is 0 Å². The van der Waals surface area contributed by atoms with Crippen LogP contribution in [0.4, 0.5) is 0 Å². The highest BCUT2D eigenvalue weighted by Gasteiger charge is 2.49. The molecule has 146 valence electrons. The van der Waals surface area contributed by atoms with Crippen LogP contribution < -0.4 is 4.74 Å². The van der Waals surface area contributed by atoms with Crippen LogP contribution in [-0.2, 0) is 15.0 Å². The smallest absolute Gasteiger partial charge is 0.233 e. The number of ether oxygens (including phenoxy) is 1. The molecular formula is C22H30N2O3. The van der Waals surface area contributed by atoms with E-state index in [4.69, 9.17) is 4.74 Å². The predicted octanol–water partition coefficient (Wildman–Crippen LogP) is 3.12. The van der Waals surface area contributed by atoms with Gasteiger partial charge in [-0.3, -0.25) is 9.59 Å². The number of piperidine rings is 1. The van der Waals surface area contributed by atoms with Crippen molar-refractivity contribution in [2.75, 3.05) is 27.2 Å². The minimum Gasteiger partial charge on any atom is -0.497 e. The molecule has 0 radical (unpaired) electrons. The third-order valence-electron chi connectivity index (χ3n) is 7.38.